The topological polar surface area (TPSA) is 89.9 Å². The number of pyridine rings is 1. The average Bonchev–Trinajstić information content (AvgIpc) is 2.93. The van der Waals surface area contributed by atoms with Gasteiger partial charge in [-0.05, 0) is 41.8 Å². The summed E-state index contributed by atoms with van der Waals surface area (Å²) in [5.74, 6) is -1.08. The maximum Gasteiger partial charge on any atom is 0.307 e. The van der Waals surface area contributed by atoms with Gasteiger partial charge in [0.2, 0.25) is 0 Å². The number of carbonyl (C=O) groups is 1. The first-order valence-corrected chi connectivity index (χ1v) is 12.5. The Bertz CT molecular complexity index is 1070. The van der Waals surface area contributed by atoms with Crippen LogP contribution in [0.1, 0.15) is 29.0 Å². The van der Waals surface area contributed by atoms with Crippen LogP contribution in [0.25, 0.3) is 11.3 Å². The molecular formula is C29H34N2O5. The second kappa shape index (κ2) is 13.8. The summed E-state index contributed by atoms with van der Waals surface area (Å²) in [4.78, 5) is 16.0. The molecule has 0 unspecified atom stereocenters. The molecular weight excluding hydrogens is 456 g/mol. The van der Waals surface area contributed by atoms with Crippen molar-refractivity contribution in [3.8, 4) is 11.3 Å². The second-order valence-corrected chi connectivity index (χ2v) is 8.92. The third-order valence-electron chi connectivity index (χ3n) is 6.37. The fourth-order valence-corrected chi connectivity index (χ4v) is 4.44. The molecule has 2 aromatic carbocycles. The van der Waals surface area contributed by atoms with Crippen molar-refractivity contribution in [2.45, 2.75) is 25.6 Å². The van der Waals surface area contributed by atoms with Gasteiger partial charge >= 0.3 is 5.97 Å². The van der Waals surface area contributed by atoms with E-state index in [9.17, 15) is 9.90 Å². The van der Waals surface area contributed by atoms with Crippen LogP contribution < -0.4 is 5.32 Å². The third-order valence-corrected chi connectivity index (χ3v) is 6.37. The van der Waals surface area contributed by atoms with E-state index in [0.29, 0.717) is 52.6 Å². The van der Waals surface area contributed by atoms with Gasteiger partial charge in [0, 0.05) is 24.2 Å². The quantitative estimate of drug-likeness (QED) is 0.346. The number of carboxylic acids is 1. The van der Waals surface area contributed by atoms with E-state index < -0.39 is 5.97 Å². The Balaban J connectivity index is 1.08. The lowest BCUT2D eigenvalue weighted by atomic mass is 9.81. The van der Waals surface area contributed by atoms with Gasteiger partial charge in [0.1, 0.15) is 0 Å². The van der Waals surface area contributed by atoms with Crippen molar-refractivity contribution in [1.29, 1.82) is 0 Å². The average molecular weight is 491 g/mol. The number of hydrogen-bond acceptors (Lipinski definition) is 6. The molecule has 0 spiro atoms. The first-order chi connectivity index (χ1) is 17.7. The molecule has 1 saturated heterocycles. The summed E-state index contributed by atoms with van der Waals surface area (Å²) in [6.07, 6.45) is 2.45. The van der Waals surface area contributed by atoms with Gasteiger partial charge in [-0.2, -0.15) is 0 Å². The summed E-state index contributed by atoms with van der Waals surface area (Å²) in [6, 6.07) is 22.2. The Hall–Kier alpha value is -3.10. The first-order valence-electron chi connectivity index (χ1n) is 12.5. The molecule has 7 heteroatoms. The summed E-state index contributed by atoms with van der Waals surface area (Å²) >= 11 is 0. The molecule has 3 aromatic rings. The molecule has 190 valence electrons. The van der Waals surface area contributed by atoms with Crippen LogP contribution in [-0.2, 0) is 32.2 Å². The van der Waals surface area contributed by atoms with Crippen LogP contribution in [0.4, 0.5) is 0 Å². The normalized spacial score (nSPS) is 17.7. The zero-order valence-electron chi connectivity index (χ0n) is 20.5. The Morgan fingerprint density at radius 2 is 1.64 bits per heavy atom. The van der Waals surface area contributed by atoms with Crippen LogP contribution in [0.3, 0.4) is 0 Å². The van der Waals surface area contributed by atoms with E-state index in [4.69, 9.17) is 14.2 Å². The highest BCUT2D eigenvalue weighted by molar-refractivity contribution is 5.71. The van der Waals surface area contributed by atoms with Crippen LogP contribution in [0.15, 0.2) is 72.9 Å². The smallest absolute Gasteiger partial charge is 0.307 e. The van der Waals surface area contributed by atoms with E-state index in [1.54, 1.807) is 6.20 Å². The van der Waals surface area contributed by atoms with Gasteiger partial charge < -0.3 is 24.6 Å². The maximum absolute atomic E-state index is 11.6. The summed E-state index contributed by atoms with van der Waals surface area (Å²) < 4.78 is 17.1. The lowest BCUT2D eigenvalue weighted by molar-refractivity contribution is -0.143. The monoisotopic (exact) mass is 490 g/mol. The molecule has 2 N–H and O–H groups in total. The number of aliphatic carboxylic acids is 1. The molecule has 0 saturated carbocycles. The molecule has 1 aromatic heterocycles. The Morgan fingerprint density at radius 3 is 2.36 bits per heavy atom. The minimum absolute atomic E-state index is 0.0154. The van der Waals surface area contributed by atoms with Crippen LogP contribution >= 0.6 is 0 Å². The van der Waals surface area contributed by atoms with Crippen molar-refractivity contribution in [1.82, 2.24) is 10.3 Å². The largest absolute Gasteiger partial charge is 0.481 e. The lowest BCUT2D eigenvalue weighted by Crippen LogP contribution is -2.38. The van der Waals surface area contributed by atoms with E-state index in [-0.39, 0.29) is 11.8 Å². The zero-order chi connectivity index (χ0) is 25.0. The minimum atomic E-state index is -0.720. The number of aromatic nitrogens is 1. The van der Waals surface area contributed by atoms with Crippen LogP contribution in [0.5, 0.6) is 0 Å². The maximum atomic E-state index is 11.6. The summed E-state index contributed by atoms with van der Waals surface area (Å²) in [5, 5.41) is 12.9. The zero-order valence-corrected chi connectivity index (χ0v) is 20.5. The number of nitrogens with one attached hydrogen (secondary N) is 1. The van der Waals surface area contributed by atoms with Crippen molar-refractivity contribution in [3.05, 3.63) is 89.6 Å². The van der Waals surface area contributed by atoms with Gasteiger partial charge in [0.15, 0.2) is 0 Å². The number of nitrogens with zero attached hydrogens (tertiary/aromatic N) is 1. The summed E-state index contributed by atoms with van der Waals surface area (Å²) in [7, 11) is 0. The number of ether oxygens (including phenoxy) is 3. The molecule has 0 bridgehead atoms. The van der Waals surface area contributed by atoms with Crippen molar-refractivity contribution >= 4 is 5.97 Å². The van der Waals surface area contributed by atoms with Gasteiger partial charge in [-0.3, -0.25) is 9.78 Å². The van der Waals surface area contributed by atoms with Gasteiger partial charge in [-0.1, -0.05) is 54.6 Å². The number of benzene rings is 2. The van der Waals surface area contributed by atoms with E-state index in [0.717, 1.165) is 34.5 Å². The number of piperidine rings is 1. The highest BCUT2D eigenvalue weighted by Gasteiger charge is 2.31. The standard InChI is InChI=1S/C29H34N2O5/c32-29(33)26-11-13-30-19-27(26)25-5-3-4-23(18-25)21-36-17-15-34-14-16-35-20-22-7-9-24(10-8-22)28-6-1-2-12-31-28/h1-10,12,18,26-27,30H,11,13-17,19-21H2,(H,32,33)/t26-,27+/m1/s1. The number of carboxylic acid groups (broad SMARTS) is 1. The molecule has 0 aliphatic carbocycles. The molecule has 36 heavy (non-hydrogen) atoms. The summed E-state index contributed by atoms with van der Waals surface area (Å²) in [5.41, 5.74) is 5.25. The highest BCUT2D eigenvalue weighted by atomic mass is 16.5. The molecule has 2 heterocycles. The summed E-state index contributed by atoms with van der Waals surface area (Å²) in [6.45, 7) is 4.46. The van der Waals surface area contributed by atoms with Crippen molar-refractivity contribution < 1.29 is 24.1 Å². The van der Waals surface area contributed by atoms with Gasteiger partial charge in [-0.15, -0.1) is 0 Å². The van der Waals surface area contributed by atoms with Crippen molar-refractivity contribution in [2.75, 3.05) is 39.5 Å². The molecule has 1 aliphatic rings. The molecule has 0 amide bonds. The Kier molecular flexibility index (Phi) is 9.99. The minimum Gasteiger partial charge on any atom is -0.481 e. The van der Waals surface area contributed by atoms with Gasteiger partial charge in [0.05, 0.1) is 51.3 Å². The number of rotatable bonds is 13. The van der Waals surface area contributed by atoms with Crippen molar-refractivity contribution in [2.24, 2.45) is 5.92 Å². The van der Waals surface area contributed by atoms with Gasteiger partial charge in [0.25, 0.3) is 0 Å². The fraction of sp³-hybridized carbons (Fsp3) is 0.379. The predicted molar refractivity (Wildman–Crippen MR) is 138 cm³/mol. The second-order valence-electron chi connectivity index (χ2n) is 8.92. The Labute approximate surface area is 212 Å². The van der Waals surface area contributed by atoms with E-state index in [1.165, 1.54) is 0 Å². The molecule has 0 radical (unpaired) electrons. The van der Waals surface area contributed by atoms with Gasteiger partial charge in [-0.25, -0.2) is 0 Å². The van der Waals surface area contributed by atoms with Crippen LogP contribution in [0.2, 0.25) is 0 Å². The van der Waals surface area contributed by atoms with E-state index in [2.05, 4.69) is 40.6 Å². The Morgan fingerprint density at radius 1 is 0.889 bits per heavy atom. The van der Waals surface area contributed by atoms with E-state index in [1.807, 2.05) is 36.4 Å². The first kappa shape index (κ1) is 26.0. The van der Waals surface area contributed by atoms with Crippen LogP contribution in [-0.4, -0.2) is 55.6 Å². The fourth-order valence-electron chi connectivity index (χ4n) is 4.44. The number of hydrogen-bond donors (Lipinski definition) is 2. The highest BCUT2D eigenvalue weighted by Crippen LogP contribution is 2.30. The molecule has 4 rings (SSSR count). The molecule has 2 atom stereocenters. The lowest BCUT2D eigenvalue weighted by Gasteiger charge is -2.29. The van der Waals surface area contributed by atoms with E-state index >= 15 is 0 Å². The third kappa shape index (κ3) is 7.70. The van der Waals surface area contributed by atoms with Crippen LogP contribution in [0, 0.1) is 5.92 Å². The molecule has 1 aliphatic heterocycles. The van der Waals surface area contributed by atoms with Crippen molar-refractivity contribution in [3.63, 3.8) is 0 Å². The molecule has 7 nitrogen and oxygen atoms in total. The SMILES string of the molecule is O=C(O)[C@@H]1CCNC[C@H]1c1cccc(COCCOCCOCc2ccc(-c3ccccn3)cc2)c1. The predicted octanol–water partition coefficient (Wildman–Crippen LogP) is 4.28. The molecule has 1 fully saturated rings.